The predicted octanol–water partition coefficient (Wildman–Crippen LogP) is 3.36. The van der Waals surface area contributed by atoms with Crippen molar-refractivity contribution in [3.63, 3.8) is 0 Å². The minimum atomic E-state index is -0.719. The molecule has 0 fully saturated rings. The van der Waals surface area contributed by atoms with Gasteiger partial charge in [-0.2, -0.15) is 0 Å². The van der Waals surface area contributed by atoms with Gasteiger partial charge in [-0.05, 0) is 24.6 Å². The molecule has 0 radical (unpaired) electrons. The molecule has 0 aliphatic rings. The van der Waals surface area contributed by atoms with Gasteiger partial charge in [-0.3, -0.25) is 10.1 Å². The lowest BCUT2D eigenvalue weighted by atomic mass is 10.1. The molecule has 0 unspecified atom stereocenters. The second kappa shape index (κ2) is 5.56. The summed E-state index contributed by atoms with van der Waals surface area (Å²) in [6, 6.07) is 8.85. The maximum Gasteiger partial charge on any atom is 0.292 e. The van der Waals surface area contributed by atoms with E-state index in [2.05, 4.69) is 5.32 Å². The number of para-hydroxylation sites is 1. The Hall–Kier alpha value is -2.63. The Balaban J connectivity index is 2.24. The molecule has 0 aromatic heterocycles. The zero-order valence-electron chi connectivity index (χ0n) is 10.8. The van der Waals surface area contributed by atoms with Crippen LogP contribution < -0.4 is 5.32 Å². The number of hydrogen-bond donors (Lipinski definition) is 2. The molecule has 0 saturated heterocycles. The number of benzene rings is 2. The van der Waals surface area contributed by atoms with Gasteiger partial charge in [0.15, 0.2) is 11.6 Å². The molecule has 2 N–H and O–H groups in total. The second-order valence-corrected chi connectivity index (χ2v) is 4.38. The maximum absolute atomic E-state index is 13.2. The molecule has 0 spiro atoms. The minimum Gasteiger partial charge on any atom is -0.505 e. The van der Waals surface area contributed by atoms with Crippen molar-refractivity contribution >= 4 is 11.4 Å². The number of nitro benzene ring substituents is 1. The van der Waals surface area contributed by atoms with E-state index in [1.54, 1.807) is 18.2 Å². The number of aromatic hydroxyl groups is 1. The van der Waals surface area contributed by atoms with E-state index < -0.39 is 16.5 Å². The van der Waals surface area contributed by atoms with Crippen molar-refractivity contribution in [2.45, 2.75) is 13.5 Å². The average Bonchev–Trinajstić information content (AvgIpc) is 2.40. The van der Waals surface area contributed by atoms with E-state index in [0.717, 1.165) is 11.6 Å². The van der Waals surface area contributed by atoms with Gasteiger partial charge in [0.25, 0.3) is 5.69 Å². The van der Waals surface area contributed by atoms with E-state index in [-0.39, 0.29) is 12.2 Å². The summed E-state index contributed by atoms with van der Waals surface area (Å²) in [6.07, 6.45) is 0. The van der Waals surface area contributed by atoms with Gasteiger partial charge in [0.2, 0.25) is 0 Å². The van der Waals surface area contributed by atoms with Crippen LogP contribution in [0.5, 0.6) is 5.75 Å². The average molecular weight is 276 g/mol. The van der Waals surface area contributed by atoms with E-state index in [1.807, 2.05) is 6.92 Å². The van der Waals surface area contributed by atoms with Gasteiger partial charge in [-0.1, -0.05) is 18.2 Å². The van der Waals surface area contributed by atoms with E-state index in [4.69, 9.17) is 0 Å². The Labute approximate surface area is 114 Å². The Morgan fingerprint density at radius 1 is 1.35 bits per heavy atom. The Morgan fingerprint density at radius 3 is 2.80 bits per heavy atom. The number of aryl methyl sites for hydroxylation is 1. The van der Waals surface area contributed by atoms with Crippen LogP contribution in [0.2, 0.25) is 0 Å². The lowest BCUT2D eigenvalue weighted by molar-refractivity contribution is -0.384. The monoisotopic (exact) mass is 276 g/mol. The first-order valence-electron chi connectivity index (χ1n) is 5.94. The molecule has 0 heterocycles. The van der Waals surface area contributed by atoms with Gasteiger partial charge >= 0.3 is 0 Å². The summed E-state index contributed by atoms with van der Waals surface area (Å²) >= 11 is 0. The van der Waals surface area contributed by atoms with Gasteiger partial charge < -0.3 is 10.4 Å². The van der Waals surface area contributed by atoms with E-state index in [0.29, 0.717) is 11.3 Å². The van der Waals surface area contributed by atoms with Crippen molar-refractivity contribution in [1.29, 1.82) is 0 Å². The Bertz CT molecular complexity index is 659. The maximum atomic E-state index is 13.2. The molecule has 0 aliphatic carbocycles. The molecule has 0 bridgehead atoms. The largest absolute Gasteiger partial charge is 0.505 e. The fourth-order valence-electron chi connectivity index (χ4n) is 1.84. The number of nitro groups is 1. The summed E-state index contributed by atoms with van der Waals surface area (Å²) in [6.45, 7) is 1.91. The highest BCUT2D eigenvalue weighted by Crippen LogP contribution is 2.27. The molecule has 0 atom stereocenters. The zero-order chi connectivity index (χ0) is 14.7. The first-order chi connectivity index (χ1) is 9.49. The highest BCUT2D eigenvalue weighted by Gasteiger charge is 2.14. The third-order valence-electron chi connectivity index (χ3n) is 2.89. The molecule has 2 rings (SSSR count). The number of anilines is 1. The zero-order valence-corrected chi connectivity index (χ0v) is 10.8. The first-order valence-corrected chi connectivity index (χ1v) is 5.94. The molecule has 20 heavy (non-hydrogen) atoms. The molecular weight excluding hydrogens is 263 g/mol. The highest BCUT2D eigenvalue weighted by atomic mass is 19.1. The van der Waals surface area contributed by atoms with Crippen LogP contribution in [0.15, 0.2) is 36.4 Å². The molecule has 0 saturated carbocycles. The van der Waals surface area contributed by atoms with Crippen molar-refractivity contribution < 1.29 is 14.4 Å². The van der Waals surface area contributed by atoms with Gasteiger partial charge in [-0.15, -0.1) is 0 Å². The van der Waals surface area contributed by atoms with E-state index in [1.165, 1.54) is 12.1 Å². The number of nitrogens with zero attached hydrogens (tertiary/aromatic N) is 1. The predicted molar refractivity (Wildman–Crippen MR) is 73.2 cm³/mol. The number of rotatable bonds is 4. The first kappa shape index (κ1) is 13.8. The standard InChI is InChI=1S/C14H13FN2O3/c1-9-5-6-13(17(19)20)12(7-9)16-8-10-3-2-4-11(15)14(10)18/h2-7,16,18H,8H2,1H3. The van der Waals surface area contributed by atoms with Crippen LogP contribution in [0.25, 0.3) is 0 Å². The van der Waals surface area contributed by atoms with Crippen LogP contribution in [0, 0.1) is 22.9 Å². The number of nitrogens with one attached hydrogen (secondary N) is 1. The van der Waals surface area contributed by atoms with Gasteiger partial charge in [-0.25, -0.2) is 4.39 Å². The molecule has 2 aromatic carbocycles. The summed E-state index contributed by atoms with van der Waals surface area (Å²) in [5.74, 6) is -1.17. The van der Waals surface area contributed by atoms with Crippen molar-refractivity contribution in [3.8, 4) is 5.75 Å². The lowest BCUT2D eigenvalue weighted by Crippen LogP contribution is -2.03. The minimum absolute atomic E-state index is 0.0634. The van der Waals surface area contributed by atoms with Gasteiger partial charge in [0, 0.05) is 18.2 Å². The van der Waals surface area contributed by atoms with Crippen LogP contribution in [0.1, 0.15) is 11.1 Å². The van der Waals surface area contributed by atoms with Crippen LogP contribution in [0.3, 0.4) is 0 Å². The number of hydrogen-bond acceptors (Lipinski definition) is 4. The summed E-state index contributed by atoms with van der Waals surface area (Å²) < 4.78 is 13.2. The van der Waals surface area contributed by atoms with Crippen molar-refractivity contribution in [2.75, 3.05) is 5.32 Å². The highest BCUT2D eigenvalue weighted by molar-refractivity contribution is 5.63. The molecule has 0 aliphatic heterocycles. The summed E-state index contributed by atoms with van der Waals surface area (Å²) in [5.41, 5.74) is 1.47. The van der Waals surface area contributed by atoms with Crippen LogP contribution in [-0.4, -0.2) is 10.0 Å². The van der Waals surface area contributed by atoms with Gasteiger partial charge in [0.1, 0.15) is 5.69 Å². The Kier molecular flexibility index (Phi) is 3.84. The third kappa shape index (κ3) is 2.85. The normalized spacial score (nSPS) is 10.3. The topological polar surface area (TPSA) is 75.4 Å². The molecule has 6 heteroatoms. The fourth-order valence-corrected chi connectivity index (χ4v) is 1.84. The number of phenolic OH excluding ortho intramolecular Hbond substituents is 1. The number of phenols is 1. The summed E-state index contributed by atoms with van der Waals surface area (Å²) in [7, 11) is 0. The van der Waals surface area contributed by atoms with E-state index in [9.17, 15) is 19.6 Å². The van der Waals surface area contributed by atoms with Crippen molar-refractivity contribution in [3.05, 3.63) is 63.5 Å². The molecule has 2 aromatic rings. The van der Waals surface area contributed by atoms with Crippen molar-refractivity contribution in [1.82, 2.24) is 0 Å². The third-order valence-corrected chi connectivity index (χ3v) is 2.89. The van der Waals surface area contributed by atoms with Gasteiger partial charge in [0.05, 0.1) is 4.92 Å². The quantitative estimate of drug-likeness (QED) is 0.663. The number of halogens is 1. The van der Waals surface area contributed by atoms with Crippen LogP contribution in [0.4, 0.5) is 15.8 Å². The van der Waals surface area contributed by atoms with Crippen LogP contribution in [-0.2, 0) is 6.54 Å². The molecule has 5 nitrogen and oxygen atoms in total. The van der Waals surface area contributed by atoms with Crippen LogP contribution >= 0.6 is 0 Å². The van der Waals surface area contributed by atoms with Crippen molar-refractivity contribution in [2.24, 2.45) is 0 Å². The fraction of sp³-hybridized carbons (Fsp3) is 0.143. The smallest absolute Gasteiger partial charge is 0.292 e. The second-order valence-electron chi connectivity index (χ2n) is 4.38. The molecular formula is C14H13FN2O3. The lowest BCUT2D eigenvalue weighted by Gasteiger charge is -2.09. The molecule has 0 amide bonds. The van der Waals surface area contributed by atoms with E-state index >= 15 is 0 Å². The summed E-state index contributed by atoms with van der Waals surface area (Å²) in [4.78, 5) is 10.4. The SMILES string of the molecule is Cc1ccc([N+](=O)[O-])c(NCc2cccc(F)c2O)c1. The molecule has 104 valence electrons. The Morgan fingerprint density at radius 2 is 2.10 bits per heavy atom. The summed E-state index contributed by atoms with van der Waals surface area (Å²) in [5, 5.41) is 23.3.